The fraction of sp³-hybridized carbons (Fsp3) is 0.136. The van der Waals surface area contributed by atoms with Gasteiger partial charge in [-0.3, -0.25) is 9.36 Å². The Balaban J connectivity index is 1.72. The van der Waals surface area contributed by atoms with E-state index in [9.17, 15) is 9.18 Å². The molecule has 0 spiro atoms. The average Bonchev–Trinajstić information content (AvgIpc) is 3.22. The van der Waals surface area contributed by atoms with Gasteiger partial charge in [-0.25, -0.2) is 14.4 Å². The summed E-state index contributed by atoms with van der Waals surface area (Å²) < 4.78 is 15.5. The Kier molecular flexibility index (Phi) is 4.54. The third kappa shape index (κ3) is 3.22. The predicted octanol–water partition coefficient (Wildman–Crippen LogP) is 3.25. The molecule has 3 heterocycles. The smallest absolute Gasteiger partial charge is 0.266 e. The molecule has 0 saturated heterocycles. The van der Waals surface area contributed by atoms with Crippen molar-refractivity contribution in [2.75, 3.05) is 11.1 Å². The maximum absolute atomic E-state index is 14.0. The molecule has 3 aromatic heterocycles. The van der Waals surface area contributed by atoms with E-state index in [2.05, 4.69) is 25.3 Å². The first kappa shape index (κ1) is 19.6. The first-order valence-corrected chi connectivity index (χ1v) is 9.93. The van der Waals surface area contributed by atoms with Crippen LogP contribution in [0.5, 0.6) is 0 Å². The molecule has 9 nitrogen and oxygen atoms in total. The highest BCUT2D eigenvalue weighted by Gasteiger charge is 2.21. The number of hydrogen-bond donors (Lipinski definition) is 3. The second-order valence-corrected chi connectivity index (χ2v) is 7.46. The molecule has 1 unspecified atom stereocenters. The predicted molar refractivity (Wildman–Crippen MR) is 120 cm³/mol. The number of hydrogen-bond acceptors (Lipinski definition) is 7. The van der Waals surface area contributed by atoms with E-state index in [1.807, 2.05) is 26.0 Å². The molecule has 0 aliphatic rings. The molecule has 0 aliphatic carbocycles. The van der Waals surface area contributed by atoms with Crippen molar-refractivity contribution in [3.63, 3.8) is 0 Å². The van der Waals surface area contributed by atoms with Crippen LogP contribution in [-0.2, 0) is 0 Å². The number of rotatable bonds is 4. The summed E-state index contributed by atoms with van der Waals surface area (Å²) in [4.78, 5) is 33.8. The highest BCUT2D eigenvalue weighted by atomic mass is 19.1. The summed E-state index contributed by atoms with van der Waals surface area (Å²) in [6.07, 6.45) is 1.49. The SMILES string of the molecule is Cc1cccc2nc(C(C)Nc3nc(N)nc4[nH]cnc34)n(-c3cccc(F)c3)c(=O)c12. The zero-order valence-corrected chi connectivity index (χ0v) is 17.3. The lowest BCUT2D eigenvalue weighted by Crippen LogP contribution is -2.28. The van der Waals surface area contributed by atoms with E-state index in [0.717, 1.165) is 5.56 Å². The Morgan fingerprint density at radius 1 is 1.16 bits per heavy atom. The minimum Gasteiger partial charge on any atom is -0.368 e. The number of nitrogen functional groups attached to an aromatic ring is 1. The van der Waals surface area contributed by atoms with Gasteiger partial charge in [0.05, 0.1) is 29.0 Å². The van der Waals surface area contributed by atoms with Crippen molar-refractivity contribution in [2.45, 2.75) is 19.9 Å². The zero-order chi connectivity index (χ0) is 22.4. The third-order valence-corrected chi connectivity index (χ3v) is 5.24. The number of halogens is 1. The first-order valence-electron chi connectivity index (χ1n) is 9.93. The highest BCUT2D eigenvalue weighted by molar-refractivity contribution is 5.84. The van der Waals surface area contributed by atoms with Crippen LogP contribution in [0.15, 0.2) is 53.6 Å². The van der Waals surface area contributed by atoms with Crippen molar-refractivity contribution in [2.24, 2.45) is 0 Å². The van der Waals surface area contributed by atoms with E-state index >= 15 is 0 Å². The summed E-state index contributed by atoms with van der Waals surface area (Å²) in [5, 5.41) is 3.71. The number of nitrogens with one attached hydrogen (secondary N) is 2. The van der Waals surface area contributed by atoms with E-state index in [4.69, 9.17) is 10.7 Å². The number of imidazole rings is 1. The molecule has 0 saturated carbocycles. The molecule has 32 heavy (non-hydrogen) atoms. The fourth-order valence-electron chi connectivity index (χ4n) is 3.79. The van der Waals surface area contributed by atoms with E-state index in [-0.39, 0.29) is 11.5 Å². The van der Waals surface area contributed by atoms with E-state index in [0.29, 0.717) is 39.4 Å². The topological polar surface area (TPSA) is 127 Å². The van der Waals surface area contributed by atoms with E-state index in [1.54, 1.807) is 18.2 Å². The second-order valence-electron chi connectivity index (χ2n) is 7.46. The van der Waals surface area contributed by atoms with Crippen LogP contribution in [0, 0.1) is 12.7 Å². The Morgan fingerprint density at radius 3 is 2.78 bits per heavy atom. The number of H-pyrrole nitrogens is 1. The van der Waals surface area contributed by atoms with Crippen LogP contribution >= 0.6 is 0 Å². The molecular weight excluding hydrogens is 411 g/mol. The van der Waals surface area contributed by atoms with Gasteiger partial charge < -0.3 is 16.0 Å². The van der Waals surface area contributed by atoms with Crippen LogP contribution < -0.4 is 16.6 Å². The number of aromatic nitrogens is 6. The Morgan fingerprint density at radius 2 is 1.97 bits per heavy atom. The van der Waals surface area contributed by atoms with Gasteiger partial charge in [0.1, 0.15) is 17.2 Å². The molecule has 0 bridgehead atoms. The van der Waals surface area contributed by atoms with Gasteiger partial charge in [-0.1, -0.05) is 18.2 Å². The monoisotopic (exact) mass is 430 g/mol. The van der Waals surface area contributed by atoms with Gasteiger partial charge in [0, 0.05) is 0 Å². The lowest BCUT2D eigenvalue weighted by atomic mass is 10.1. The second kappa shape index (κ2) is 7.41. The molecule has 0 radical (unpaired) electrons. The van der Waals surface area contributed by atoms with Crippen LogP contribution in [0.1, 0.15) is 24.4 Å². The minimum atomic E-state index is -0.509. The van der Waals surface area contributed by atoms with Crippen LogP contribution in [0.4, 0.5) is 16.2 Å². The van der Waals surface area contributed by atoms with Gasteiger partial charge in [0.15, 0.2) is 11.5 Å². The molecule has 1 atom stereocenters. The van der Waals surface area contributed by atoms with E-state index in [1.165, 1.54) is 23.0 Å². The maximum Gasteiger partial charge on any atom is 0.266 e. The van der Waals surface area contributed by atoms with Crippen molar-refractivity contribution in [3.05, 3.63) is 76.4 Å². The zero-order valence-electron chi connectivity index (χ0n) is 17.3. The number of fused-ring (bicyclic) bond motifs is 2. The Bertz CT molecular complexity index is 1540. The molecular formula is C22H19FN8O. The van der Waals surface area contributed by atoms with Crippen molar-refractivity contribution in [3.8, 4) is 5.69 Å². The van der Waals surface area contributed by atoms with Crippen molar-refractivity contribution in [1.82, 2.24) is 29.5 Å². The van der Waals surface area contributed by atoms with E-state index < -0.39 is 11.9 Å². The molecule has 2 aromatic carbocycles. The Hall–Kier alpha value is -4.34. The standard InChI is InChI=1S/C22H19FN8O/c1-11-5-3-8-15-16(11)21(32)31(14-7-4-6-13(23)9-14)20(28-15)12(2)27-19-17-18(26-10-25-17)29-22(24)30-19/h3-10,12H,1-2H3,(H4,24,25,26,27,29,30). The quantitative estimate of drug-likeness (QED) is 0.399. The van der Waals surface area contributed by atoms with Crippen LogP contribution in [0.25, 0.3) is 27.8 Å². The van der Waals surface area contributed by atoms with Crippen LogP contribution in [0.2, 0.25) is 0 Å². The first-order chi connectivity index (χ1) is 15.4. The average molecular weight is 430 g/mol. The third-order valence-electron chi connectivity index (χ3n) is 5.24. The largest absolute Gasteiger partial charge is 0.368 e. The molecule has 4 N–H and O–H groups in total. The van der Waals surface area contributed by atoms with Gasteiger partial charge in [-0.2, -0.15) is 9.97 Å². The highest BCUT2D eigenvalue weighted by Crippen LogP contribution is 2.25. The van der Waals surface area contributed by atoms with Gasteiger partial charge in [0.2, 0.25) is 5.95 Å². The Labute approximate surface area is 181 Å². The summed E-state index contributed by atoms with van der Waals surface area (Å²) in [5.41, 5.74) is 8.25. The number of anilines is 2. The van der Waals surface area contributed by atoms with Crippen molar-refractivity contribution >= 4 is 33.8 Å². The number of aromatic amines is 1. The van der Waals surface area contributed by atoms with Crippen molar-refractivity contribution in [1.29, 1.82) is 0 Å². The minimum absolute atomic E-state index is 0.0704. The van der Waals surface area contributed by atoms with Crippen LogP contribution in [0.3, 0.4) is 0 Å². The van der Waals surface area contributed by atoms with Crippen LogP contribution in [-0.4, -0.2) is 29.5 Å². The molecule has 5 rings (SSSR count). The summed E-state index contributed by atoms with van der Waals surface area (Å²) in [6.45, 7) is 3.68. The van der Waals surface area contributed by atoms with Gasteiger partial charge in [0.25, 0.3) is 5.56 Å². The summed E-state index contributed by atoms with van der Waals surface area (Å²) in [7, 11) is 0. The molecule has 0 amide bonds. The normalized spacial score (nSPS) is 12.3. The lowest BCUT2D eigenvalue weighted by Gasteiger charge is -2.20. The number of benzene rings is 2. The summed E-state index contributed by atoms with van der Waals surface area (Å²) >= 11 is 0. The number of aryl methyl sites for hydroxylation is 1. The number of nitrogens with two attached hydrogens (primary N) is 1. The van der Waals surface area contributed by atoms with Gasteiger partial charge in [-0.15, -0.1) is 0 Å². The van der Waals surface area contributed by atoms with Gasteiger partial charge >= 0.3 is 0 Å². The fourth-order valence-corrected chi connectivity index (χ4v) is 3.79. The maximum atomic E-state index is 14.0. The van der Waals surface area contributed by atoms with Crippen molar-refractivity contribution < 1.29 is 4.39 Å². The van der Waals surface area contributed by atoms with Gasteiger partial charge in [-0.05, 0) is 43.7 Å². The number of nitrogens with zero attached hydrogens (tertiary/aromatic N) is 5. The summed E-state index contributed by atoms with van der Waals surface area (Å²) in [5.74, 6) is 0.402. The molecule has 10 heteroatoms. The molecule has 160 valence electrons. The molecule has 0 aliphatic heterocycles. The molecule has 0 fully saturated rings. The molecule has 5 aromatic rings. The lowest BCUT2D eigenvalue weighted by molar-refractivity contribution is 0.624. The summed E-state index contributed by atoms with van der Waals surface area (Å²) in [6, 6.07) is 10.8.